The van der Waals surface area contributed by atoms with Gasteiger partial charge in [-0.2, -0.15) is 13.2 Å². The molecule has 2 aromatic carbocycles. The Bertz CT molecular complexity index is 669. The molecule has 0 bridgehead atoms. The smallest absolute Gasteiger partial charge is 0.384 e. The van der Waals surface area contributed by atoms with Crippen LogP contribution in [0, 0.1) is 11.6 Å². The van der Waals surface area contributed by atoms with Crippen molar-refractivity contribution in [2.24, 2.45) is 0 Å². The largest absolute Gasteiger partial charge is 0.419 e. The lowest BCUT2D eigenvalue weighted by Gasteiger charge is -2.16. The molecular weight excluding hydrogens is 315 g/mol. The average Bonchev–Trinajstić information content (AvgIpc) is 2.40. The summed E-state index contributed by atoms with van der Waals surface area (Å²) in [4.78, 5) is 0. The fourth-order valence-corrected chi connectivity index (χ4v) is 2.07. The van der Waals surface area contributed by atoms with E-state index >= 15 is 0 Å². The minimum Gasteiger partial charge on any atom is -0.384 e. The molecule has 0 heterocycles. The second-order valence-corrected chi connectivity index (χ2v) is 4.66. The zero-order valence-corrected chi connectivity index (χ0v) is 11.0. The van der Waals surface area contributed by atoms with Crippen molar-refractivity contribution < 1.29 is 27.1 Å². The molecule has 0 amide bonds. The van der Waals surface area contributed by atoms with Gasteiger partial charge in [0, 0.05) is 5.56 Å². The summed E-state index contributed by atoms with van der Waals surface area (Å²) in [6.07, 6.45) is -6.50. The van der Waals surface area contributed by atoms with Crippen LogP contribution in [0.15, 0.2) is 36.4 Å². The number of halogens is 6. The van der Waals surface area contributed by atoms with Gasteiger partial charge >= 0.3 is 6.18 Å². The molecule has 1 N–H and O–H groups in total. The molecule has 0 aliphatic carbocycles. The fraction of sp³-hybridized carbons (Fsp3) is 0.143. The second-order valence-electron chi connectivity index (χ2n) is 4.28. The van der Waals surface area contributed by atoms with Crippen LogP contribution in [-0.4, -0.2) is 5.11 Å². The topological polar surface area (TPSA) is 20.2 Å². The molecule has 0 spiro atoms. The van der Waals surface area contributed by atoms with Crippen molar-refractivity contribution in [3.8, 4) is 0 Å². The number of hydrogen-bond donors (Lipinski definition) is 1. The van der Waals surface area contributed by atoms with Crippen LogP contribution in [0.4, 0.5) is 22.0 Å². The molecule has 0 aliphatic heterocycles. The number of hydrogen-bond acceptors (Lipinski definition) is 1. The number of aliphatic hydroxyl groups is 1. The summed E-state index contributed by atoms with van der Waals surface area (Å²) in [6.45, 7) is 0. The van der Waals surface area contributed by atoms with Crippen LogP contribution in [-0.2, 0) is 6.18 Å². The van der Waals surface area contributed by atoms with E-state index in [2.05, 4.69) is 0 Å². The van der Waals surface area contributed by atoms with Crippen LogP contribution in [0.25, 0.3) is 0 Å². The molecule has 2 aromatic rings. The minimum absolute atomic E-state index is 0.101. The summed E-state index contributed by atoms with van der Waals surface area (Å²) in [5.41, 5.74) is -1.85. The van der Waals surface area contributed by atoms with Gasteiger partial charge in [-0.15, -0.1) is 0 Å². The maximum atomic E-state index is 13.3. The highest BCUT2D eigenvalue weighted by Crippen LogP contribution is 2.35. The zero-order valence-electron chi connectivity index (χ0n) is 10.3. The van der Waals surface area contributed by atoms with Crippen molar-refractivity contribution >= 4 is 11.6 Å². The van der Waals surface area contributed by atoms with Crippen LogP contribution >= 0.6 is 11.6 Å². The summed E-state index contributed by atoms with van der Waals surface area (Å²) in [7, 11) is 0. The predicted octanol–water partition coefficient (Wildman–Crippen LogP) is 4.72. The lowest BCUT2D eigenvalue weighted by atomic mass is 9.99. The summed E-state index contributed by atoms with van der Waals surface area (Å²) < 4.78 is 64.4. The fourth-order valence-electron chi connectivity index (χ4n) is 1.84. The molecule has 0 aromatic heterocycles. The van der Waals surface area contributed by atoms with Crippen molar-refractivity contribution in [1.29, 1.82) is 0 Å². The number of alkyl halides is 3. The molecule has 1 nitrogen and oxygen atoms in total. The molecule has 0 aliphatic rings. The molecular formula is C14H8ClF5O. The van der Waals surface area contributed by atoms with Crippen LogP contribution < -0.4 is 0 Å². The first kappa shape index (κ1) is 15.7. The number of benzene rings is 2. The van der Waals surface area contributed by atoms with Gasteiger partial charge in [0.05, 0.1) is 10.6 Å². The van der Waals surface area contributed by atoms with Gasteiger partial charge in [0.25, 0.3) is 0 Å². The van der Waals surface area contributed by atoms with E-state index in [1.54, 1.807) is 0 Å². The Kier molecular flexibility index (Phi) is 4.20. The van der Waals surface area contributed by atoms with E-state index in [4.69, 9.17) is 11.6 Å². The normalized spacial score (nSPS) is 13.3. The van der Waals surface area contributed by atoms with E-state index in [-0.39, 0.29) is 11.1 Å². The number of rotatable bonds is 2. The Morgan fingerprint density at radius 2 is 1.67 bits per heavy atom. The van der Waals surface area contributed by atoms with E-state index in [0.717, 1.165) is 12.1 Å². The van der Waals surface area contributed by atoms with Gasteiger partial charge in [0.15, 0.2) is 0 Å². The number of aliphatic hydroxyl groups excluding tert-OH is 1. The highest BCUT2D eigenvalue weighted by Gasteiger charge is 2.34. The Hall–Kier alpha value is -1.66. The zero-order chi connectivity index (χ0) is 15.8. The Morgan fingerprint density at radius 1 is 1.00 bits per heavy atom. The van der Waals surface area contributed by atoms with Crippen LogP contribution in [0.3, 0.4) is 0 Å². The van der Waals surface area contributed by atoms with E-state index < -0.39 is 34.5 Å². The van der Waals surface area contributed by atoms with Crippen molar-refractivity contribution in [3.63, 3.8) is 0 Å². The maximum Gasteiger partial charge on any atom is 0.419 e. The Labute approximate surface area is 121 Å². The van der Waals surface area contributed by atoms with Crippen molar-refractivity contribution in [2.45, 2.75) is 12.3 Å². The van der Waals surface area contributed by atoms with Crippen molar-refractivity contribution in [3.05, 3.63) is 69.7 Å². The van der Waals surface area contributed by atoms with E-state index in [1.165, 1.54) is 12.1 Å². The lowest BCUT2D eigenvalue weighted by molar-refractivity contribution is -0.140. The van der Waals surface area contributed by atoms with Crippen LogP contribution in [0.1, 0.15) is 22.8 Å². The molecule has 2 rings (SSSR count). The van der Waals surface area contributed by atoms with Crippen molar-refractivity contribution in [1.82, 2.24) is 0 Å². The Morgan fingerprint density at radius 3 is 2.29 bits per heavy atom. The monoisotopic (exact) mass is 322 g/mol. The molecule has 7 heteroatoms. The van der Waals surface area contributed by atoms with E-state index in [1.807, 2.05) is 0 Å². The summed E-state index contributed by atoms with van der Waals surface area (Å²) in [5, 5.41) is 9.64. The molecule has 112 valence electrons. The standard InChI is InChI=1S/C14H8ClF5O/c15-12-8(2-1-3-11(12)17)13(21)7-4-5-10(16)9(6-7)14(18,19)20/h1-6,13,21H. The van der Waals surface area contributed by atoms with Gasteiger partial charge in [0.1, 0.15) is 17.7 Å². The lowest BCUT2D eigenvalue weighted by Crippen LogP contribution is -2.10. The van der Waals surface area contributed by atoms with Crippen molar-refractivity contribution in [2.75, 3.05) is 0 Å². The first-order valence-corrected chi connectivity index (χ1v) is 6.08. The van der Waals surface area contributed by atoms with Gasteiger partial charge in [-0.25, -0.2) is 8.78 Å². The molecule has 1 atom stereocenters. The summed E-state index contributed by atoms with van der Waals surface area (Å²) in [6, 6.07) is 5.62. The maximum absolute atomic E-state index is 13.3. The van der Waals surface area contributed by atoms with E-state index in [9.17, 15) is 27.1 Å². The van der Waals surface area contributed by atoms with Gasteiger partial charge in [-0.05, 0) is 23.8 Å². The quantitative estimate of drug-likeness (QED) is 0.793. The molecule has 0 saturated heterocycles. The molecule has 0 radical (unpaired) electrons. The third-order valence-corrected chi connectivity index (χ3v) is 3.29. The first-order valence-electron chi connectivity index (χ1n) is 5.70. The molecule has 1 unspecified atom stereocenters. The summed E-state index contributed by atoms with van der Waals surface area (Å²) >= 11 is 5.67. The first-order chi connectivity index (χ1) is 9.71. The summed E-state index contributed by atoms with van der Waals surface area (Å²) in [5.74, 6) is -2.27. The Balaban J connectivity index is 2.49. The van der Waals surface area contributed by atoms with Gasteiger partial charge < -0.3 is 5.11 Å². The van der Waals surface area contributed by atoms with Crippen LogP contribution in [0.2, 0.25) is 5.02 Å². The van der Waals surface area contributed by atoms with Crippen LogP contribution in [0.5, 0.6) is 0 Å². The molecule has 21 heavy (non-hydrogen) atoms. The van der Waals surface area contributed by atoms with Gasteiger partial charge in [0.2, 0.25) is 0 Å². The average molecular weight is 323 g/mol. The van der Waals surface area contributed by atoms with Gasteiger partial charge in [-0.3, -0.25) is 0 Å². The molecule has 0 saturated carbocycles. The van der Waals surface area contributed by atoms with Gasteiger partial charge in [-0.1, -0.05) is 29.8 Å². The third-order valence-electron chi connectivity index (χ3n) is 2.89. The highest BCUT2D eigenvalue weighted by atomic mass is 35.5. The SMILES string of the molecule is OC(c1ccc(F)c(C(F)(F)F)c1)c1cccc(F)c1Cl. The third kappa shape index (κ3) is 3.16. The highest BCUT2D eigenvalue weighted by molar-refractivity contribution is 6.31. The predicted molar refractivity (Wildman–Crippen MR) is 66.9 cm³/mol. The molecule has 0 fully saturated rings. The minimum atomic E-state index is -4.90. The second kappa shape index (κ2) is 5.61. The van der Waals surface area contributed by atoms with E-state index in [0.29, 0.717) is 12.1 Å².